The number of Topliss-reactive ketones (excluding diaryl/α,β-unsaturated/α-hetero) is 1. The van der Waals surface area contributed by atoms with Gasteiger partial charge in [-0.2, -0.15) is 0 Å². The van der Waals surface area contributed by atoms with E-state index in [0.29, 0.717) is 11.1 Å². The molecule has 0 heterocycles. The molecule has 5 heteroatoms. The molecular formula is C23H28N2O3. The number of hydrogen-bond donors (Lipinski definition) is 3. The first-order valence-electron chi connectivity index (χ1n) is 9.37. The van der Waals surface area contributed by atoms with Crippen LogP contribution in [0.1, 0.15) is 43.1 Å². The van der Waals surface area contributed by atoms with Gasteiger partial charge in [0.15, 0.2) is 5.78 Å². The Balaban J connectivity index is 2.47. The largest absolute Gasteiger partial charge is 0.383 e. The first kappa shape index (κ1) is 21.5. The van der Waals surface area contributed by atoms with Gasteiger partial charge < -0.3 is 16.2 Å². The van der Waals surface area contributed by atoms with E-state index < -0.39 is 23.6 Å². The number of nitrogens with two attached hydrogens (primary N) is 1. The zero-order chi connectivity index (χ0) is 20.7. The van der Waals surface area contributed by atoms with E-state index >= 15 is 0 Å². The second kappa shape index (κ2) is 9.44. The molecule has 5 nitrogen and oxygen atoms in total. The Bertz CT molecular complexity index is 829. The fraction of sp³-hybridized carbons (Fsp3) is 0.304. The summed E-state index contributed by atoms with van der Waals surface area (Å²) in [5, 5.41) is 14.3. The molecular weight excluding hydrogens is 352 g/mol. The molecule has 2 rings (SSSR count). The number of aliphatic hydroxyl groups is 1. The monoisotopic (exact) mass is 380 g/mol. The van der Waals surface area contributed by atoms with Crippen LogP contribution in [0.3, 0.4) is 0 Å². The van der Waals surface area contributed by atoms with E-state index in [1.165, 1.54) is 6.08 Å². The van der Waals surface area contributed by atoms with Crippen LogP contribution < -0.4 is 11.1 Å². The lowest BCUT2D eigenvalue weighted by Crippen LogP contribution is -2.61. The van der Waals surface area contributed by atoms with Gasteiger partial charge in [-0.05, 0) is 25.8 Å². The SMILES string of the molecule is CCC(O)(c1ccccc1)C(NC(=O)C=C(C)C)C(N)C(=O)c1ccccc1. The maximum Gasteiger partial charge on any atom is 0.244 e. The van der Waals surface area contributed by atoms with Crippen LogP contribution in [0.15, 0.2) is 72.3 Å². The van der Waals surface area contributed by atoms with E-state index in [1.807, 2.05) is 12.1 Å². The molecule has 2 aromatic carbocycles. The molecule has 0 aliphatic carbocycles. The molecule has 0 aliphatic heterocycles. The highest BCUT2D eigenvalue weighted by Gasteiger charge is 2.43. The molecule has 0 fully saturated rings. The van der Waals surface area contributed by atoms with E-state index in [1.54, 1.807) is 69.3 Å². The van der Waals surface area contributed by atoms with Crippen LogP contribution in [0.4, 0.5) is 0 Å². The molecule has 3 atom stereocenters. The van der Waals surface area contributed by atoms with Crippen molar-refractivity contribution in [1.29, 1.82) is 0 Å². The Hall–Kier alpha value is -2.76. The zero-order valence-electron chi connectivity index (χ0n) is 16.6. The molecule has 0 aromatic heterocycles. The minimum Gasteiger partial charge on any atom is -0.383 e. The van der Waals surface area contributed by atoms with Crippen molar-refractivity contribution in [3.63, 3.8) is 0 Å². The fourth-order valence-corrected chi connectivity index (χ4v) is 3.24. The Morgan fingerprint density at radius 3 is 2.11 bits per heavy atom. The van der Waals surface area contributed by atoms with E-state index in [0.717, 1.165) is 5.57 Å². The van der Waals surface area contributed by atoms with Crippen LogP contribution in [-0.4, -0.2) is 28.9 Å². The molecule has 0 saturated carbocycles. The normalized spacial score (nSPS) is 15.0. The standard InChI is InChI=1S/C23H28N2O3/c1-4-23(28,18-13-9-6-10-14-18)22(25-19(26)15-16(2)3)20(24)21(27)17-11-7-5-8-12-17/h5-15,20,22,28H,4,24H2,1-3H3,(H,25,26). The van der Waals surface area contributed by atoms with Crippen LogP contribution in [0.25, 0.3) is 0 Å². The predicted molar refractivity (Wildman–Crippen MR) is 111 cm³/mol. The number of benzene rings is 2. The minimum absolute atomic E-state index is 0.270. The van der Waals surface area contributed by atoms with Crippen LogP contribution in [0.5, 0.6) is 0 Å². The summed E-state index contributed by atoms with van der Waals surface area (Å²) in [5.41, 5.74) is 6.65. The maximum absolute atomic E-state index is 13.0. The van der Waals surface area contributed by atoms with Crippen LogP contribution in [-0.2, 0) is 10.4 Å². The van der Waals surface area contributed by atoms with Crippen molar-refractivity contribution in [3.05, 3.63) is 83.4 Å². The first-order valence-corrected chi connectivity index (χ1v) is 9.37. The van der Waals surface area contributed by atoms with Gasteiger partial charge in [0.25, 0.3) is 0 Å². The van der Waals surface area contributed by atoms with E-state index in [9.17, 15) is 14.7 Å². The highest BCUT2D eigenvalue weighted by atomic mass is 16.3. The van der Waals surface area contributed by atoms with Gasteiger partial charge in [-0.25, -0.2) is 0 Å². The molecule has 148 valence electrons. The molecule has 0 spiro atoms. The van der Waals surface area contributed by atoms with E-state index in [-0.39, 0.29) is 12.2 Å². The van der Waals surface area contributed by atoms with Gasteiger partial charge in [0.1, 0.15) is 5.60 Å². The highest BCUT2D eigenvalue weighted by molar-refractivity contribution is 6.01. The molecule has 2 aromatic rings. The average molecular weight is 380 g/mol. The van der Waals surface area contributed by atoms with Gasteiger partial charge in [-0.15, -0.1) is 0 Å². The van der Waals surface area contributed by atoms with Crippen molar-refractivity contribution in [1.82, 2.24) is 5.32 Å². The Morgan fingerprint density at radius 2 is 1.61 bits per heavy atom. The average Bonchev–Trinajstić information content (AvgIpc) is 2.71. The quantitative estimate of drug-likeness (QED) is 0.485. The van der Waals surface area contributed by atoms with E-state index in [4.69, 9.17) is 5.73 Å². The summed E-state index contributed by atoms with van der Waals surface area (Å²) < 4.78 is 0. The van der Waals surface area contributed by atoms with Crippen molar-refractivity contribution in [2.45, 2.75) is 44.9 Å². The van der Waals surface area contributed by atoms with Gasteiger partial charge in [0, 0.05) is 11.6 Å². The van der Waals surface area contributed by atoms with Gasteiger partial charge in [-0.1, -0.05) is 73.2 Å². The Morgan fingerprint density at radius 1 is 1.07 bits per heavy atom. The van der Waals surface area contributed by atoms with E-state index in [2.05, 4.69) is 5.32 Å². The minimum atomic E-state index is -1.50. The second-order valence-corrected chi connectivity index (χ2v) is 7.11. The fourth-order valence-electron chi connectivity index (χ4n) is 3.24. The molecule has 1 amide bonds. The van der Waals surface area contributed by atoms with Crippen molar-refractivity contribution in [3.8, 4) is 0 Å². The Labute approximate surface area is 166 Å². The summed E-state index contributed by atoms with van der Waals surface area (Å²) in [6.45, 7) is 5.40. The summed E-state index contributed by atoms with van der Waals surface area (Å²) in [6.07, 6.45) is 1.69. The third kappa shape index (κ3) is 4.94. The maximum atomic E-state index is 13.0. The lowest BCUT2D eigenvalue weighted by Gasteiger charge is -2.39. The zero-order valence-corrected chi connectivity index (χ0v) is 16.6. The summed E-state index contributed by atoms with van der Waals surface area (Å²) in [7, 11) is 0. The summed E-state index contributed by atoms with van der Waals surface area (Å²) >= 11 is 0. The van der Waals surface area contributed by atoms with Crippen LogP contribution in [0.2, 0.25) is 0 Å². The van der Waals surface area contributed by atoms with Gasteiger partial charge in [-0.3, -0.25) is 9.59 Å². The number of rotatable bonds is 8. The molecule has 0 bridgehead atoms. The number of ketones is 1. The Kier molecular flexibility index (Phi) is 7.26. The molecule has 4 N–H and O–H groups in total. The lowest BCUT2D eigenvalue weighted by atomic mass is 9.78. The van der Waals surface area contributed by atoms with Crippen molar-refractivity contribution in [2.75, 3.05) is 0 Å². The molecule has 0 aliphatic rings. The van der Waals surface area contributed by atoms with Crippen LogP contribution >= 0.6 is 0 Å². The van der Waals surface area contributed by atoms with Gasteiger partial charge in [0.05, 0.1) is 12.1 Å². The second-order valence-electron chi connectivity index (χ2n) is 7.11. The number of carbonyl (C=O) groups is 2. The molecule has 3 unspecified atom stereocenters. The summed E-state index contributed by atoms with van der Waals surface area (Å²) in [6, 6.07) is 15.5. The third-order valence-corrected chi connectivity index (χ3v) is 4.76. The summed E-state index contributed by atoms with van der Waals surface area (Å²) in [5.74, 6) is -0.741. The first-order chi connectivity index (χ1) is 13.3. The number of carbonyl (C=O) groups excluding carboxylic acids is 2. The lowest BCUT2D eigenvalue weighted by molar-refractivity contribution is -0.120. The molecule has 0 radical (unpaired) electrons. The van der Waals surface area contributed by atoms with Crippen molar-refractivity contribution >= 4 is 11.7 Å². The number of allylic oxidation sites excluding steroid dienone is 1. The topological polar surface area (TPSA) is 92.4 Å². The van der Waals surface area contributed by atoms with Crippen LogP contribution in [0, 0.1) is 0 Å². The predicted octanol–water partition coefficient (Wildman–Crippen LogP) is 2.95. The highest BCUT2D eigenvalue weighted by Crippen LogP contribution is 2.31. The number of nitrogens with one attached hydrogen (secondary N) is 1. The third-order valence-electron chi connectivity index (χ3n) is 4.76. The van der Waals surface area contributed by atoms with Crippen molar-refractivity contribution < 1.29 is 14.7 Å². The number of amides is 1. The summed E-state index contributed by atoms with van der Waals surface area (Å²) in [4.78, 5) is 25.4. The smallest absolute Gasteiger partial charge is 0.244 e. The van der Waals surface area contributed by atoms with Gasteiger partial charge in [0.2, 0.25) is 5.91 Å². The number of hydrogen-bond acceptors (Lipinski definition) is 4. The van der Waals surface area contributed by atoms with Crippen molar-refractivity contribution in [2.24, 2.45) is 5.73 Å². The molecule has 0 saturated heterocycles. The van der Waals surface area contributed by atoms with Gasteiger partial charge >= 0.3 is 0 Å². The molecule has 28 heavy (non-hydrogen) atoms.